The molecule has 0 amide bonds. The van der Waals surface area contributed by atoms with E-state index < -0.39 is 0 Å². The van der Waals surface area contributed by atoms with E-state index in [1.807, 2.05) is 27.7 Å². The quantitative estimate of drug-likeness (QED) is 0.429. The van der Waals surface area contributed by atoms with Gasteiger partial charge in [0.05, 0.1) is 0 Å². The Hall–Kier alpha value is -0.260. The number of hydrogen-bond donors (Lipinski definition) is 0. The molecule has 0 spiro atoms. The molecule has 0 N–H and O–H groups in total. The Kier molecular flexibility index (Phi) is 18.5. The van der Waals surface area contributed by atoms with Crippen molar-refractivity contribution in [1.29, 1.82) is 0 Å². The topological polar surface area (TPSA) is 0 Å². The number of rotatable bonds is 0. The Bertz CT molecular complexity index is 126. The predicted molar refractivity (Wildman–Crippen MR) is 75.4 cm³/mol. The molecular weight excluding hydrogens is 180 g/mol. The average molecular weight is 214 g/mol. The van der Waals surface area contributed by atoms with E-state index in [9.17, 15) is 0 Å². The van der Waals surface area contributed by atoms with E-state index in [0.717, 1.165) is 11.8 Å². The molecule has 0 fully saturated rings. The van der Waals surface area contributed by atoms with Crippen LogP contribution in [0.4, 0.5) is 0 Å². The van der Waals surface area contributed by atoms with Crippen molar-refractivity contribution >= 4 is 0 Å². The minimum absolute atomic E-state index is 0.856. The fraction of sp³-hybridized carbons (Fsp3) is 0.867. The van der Waals surface area contributed by atoms with Crippen LogP contribution in [0.5, 0.6) is 0 Å². The fourth-order valence-corrected chi connectivity index (χ4v) is 1.37. The third-order valence-corrected chi connectivity index (χ3v) is 2.74. The molecule has 0 nitrogen and oxygen atoms in total. The van der Waals surface area contributed by atoms with E-state index in [1.54, 1.807) is 11.1 Å². The average Bonchev–Trinajstić information content (AvgIpc) is 2.32. The Morgan fingerprint density at radius 3 is 0.933 bits per heavy atom. The van der Waals surface area contributed by atoms with E-state index in [1.165, 1.54) is 6.42 Å². The van der Waals surface area contributed by atoms with Gasteiger partial charge in [-0.05, 0) is 25.7 Å². The van der Waals surface area contributed by atoms with Crippen molar-refractivity contribution in [2.45, 2.75) is 75.7 Å². The Balaban J connectivity index is -0.000000176. The third-order valence-electron chi connectivity index (χ3n) is 2.74. The molecule has 0 saturated heterocycles. The molecule has 1 aliphatic rings. The molecule has 0 bridgehead atoms. The standard InChI is InChI=1S/C8H14.C3H8.2C2H6/c1-5-6(2)8(4)7(5)3;1-3-2;2*1-2/h5-6H,1-4H3;3H2,1-2H3;2*1-2H3. The van der Waals surface area contributed by atoms with Gasteiger partial charge in [-0.15, -0.1) is 0 Å². The van der Waals surface area contributed by atoms with E-state index >= 15 is 0 Å². The highest BCUT2D eigenvalue weighted by Crippen LogP contribution is 2.38. The van der Waals surface area contributed by atoms with Crippen LogP contribution in [0.25, 0.3) is 0 Å². The van der Waals surface area contributed by atoms with Gasteiger partial charge in [0.2, 0.25) is 0 Å². The van der Waals surface area contributed by atoms with Gasteiger partial charge in [0, 0.05) is 0 Å². The van der Waals surface area contributed by atoms with Gasteiger partial charge in [-0.1, -0.05) is 73.0 Å². The fourth-order valence-electron chi connectivity index (χ4n) is 1.37. The van der Waals surface area contributed by atoms with Crippen molar-refractivity contribution in [1.82, 2.24) is 0 Å². The highest BCUT2D eigenvalue weighted by atomic mass is 14.3. The van der Waals surface area contributed by atoms with Gasteiger partial charge in [-0.25, -0.2) is 0 Å². The van der Waals surface area contributed by atoms with Gasteiger partial charge in [-0.2, -0.15) is 0 Å². The maximum absolute atomic E-state index is 2.30. The summed E-state index contributed by atoms with van der Waals surface area (Å²) in [6, 6.07) is 0. The molecule has 1 rings (SSSR count). The van der Waals surface area contributed by atoms with Crippen LogP contribution in [-0.2, 0) is 0 Å². The van der Waals surface area contributed by atoms with Crippen molar-refractivity contribution in [3.63, 3.8) is 0 Å². The maximum atomic E-state index is 2.30. The van der Waals surface area contributed by atoms with E-state index in [4.69, 9.17) is 0 Å². The summed E-state index contributed by atoms with van der Waals surface area (Å²) in [5, 5.41) is 0. The second kappa shape index (κ2) is 13.7. The van der Waals surface area contributed by atoms with E-state index in [0.29, 0.717) is 0 Å². The van der Waals surface area contributed by atoms with Crippen LogP contribution in [0.15, 0.2) is 11.1 Å². The first-order valence-electron chi connectivity index (χ1n) is 6.73. The Labute approximate surface area is 99.2 Å². The third kappa shape index (κ3) is 7.64. The first kappa shape index (κ1) is 20.2. The monoisotopic (exact) mass is 214 g/mol. The van der Waals surface area contributed by atoms with Crippen molar-refractivity contribution < 1.29 is 0 Å². The lowest BCUT2D eigenvalue weighted by atomic mass is 9.71. The van der Waals surface area contributed by atoms with Gasteiger partial charge in [-0.3, -0.25) is 0 Å². The minimum Gasteiger partial charge on any atom is -0.0707 e. The SMILES string of the molecule is CC.CC.CC1=C(C)C(C)C1C.CCC. The molecule has 0 saturated carbocycles. The van der Waals surface area contributed by atoms with Crippen LogP contribution < -0.4 is 0 Å². The van der Waals surface area contributed by atoms with Gasteiger partial charge in [0.1, 0.15) is 0 Å². The lowest BCUT2D eigenvalue weighted by Crippen LogP contribution is -2.22. The highest BCUT2D eigenvalue weighted by Gasteiger charge is 2.26. The smallest absolute Gasteiger partial charge is 0.0169 e. The second-order valence-corrected chi connectivity index (χ2v) is 3.65. The first-order chi connectivity index (χ1) is 7.06. The van der Waals surface area contributed by atoms with Crippen LogP contribution >= 0.6 is 0 Å². The molecule has 2 atom stereocenters. The molecule has 15 heavy (non-hydrogen) atoms. The number of hydrogen-bond acceptors (Lipinski definition) is 0. The minimum atomic E-state index is 0.856. The van der Waals surface area contributed by atoms with E-state index in [2.05, 4.69) is 41.5 Å². The molecule has 0 aromatic carbocycles. The molecule has 0 aromatic heterocycles. The Morgan fingerprint density at radius 2 is 0.867 bits per heavy atom. The normalized spacial score (nSPS) is 22.0. The van der Waals surface area contributed by atoms with Gasteiger partial charge < -0.3 is 0 Å². The Morgan fingerprint density at radius 1 is 0.733 bits per heavy atom. The zero-order chi connectivity index (χ0) is 13.0. The summed E-state index contributed by atoms with van der Waals surface area (Å²) in [5.41, 5.74) is 3.22. The summed E-state index contributed by atoms with van der Waals surface area (Å²) in [6.07, 6.45) is 1.25. The zero-order valence-electron chi connectivity index (χ0n) is 12.9. The largest absolute Gasteiger partial charge is 0.0707 e. The summed E-state index contributed by atoms with van der Waals surface area (Å²) < 4.78 is 0. The van der Waals surface area contributed by atoms with Crippen LogP contribution in [0.2, 0.25) is 0 Å². The van der Waals surface area contributed by atoms with Gasteiger partial charge >= 0.3 is 0 Å². The predicted octanol–water partition coefficient (Wildman–Crippen LogP) is 6.08. The summed E-state index contributed by atoms with van der Waals surface area (Å²) >= 11 is 0. The van der Waals surface area contributed by atoms with Crippen LogP contribution in [-0.4, -0.2) is 0 Å². The second-order valence-electron chi connectivity index (χ2n) is 3.65. The lowest BCUT2D eigenvalue weighted by molar-refractivity contribution is 0.426. The summed E-state index contributed by atoms with van der Waals surface area (Å²) in [6.45, 7) is 21.3. The van der Waals surface area contributed by atoms with Crippen LogP contribution in [0.1, 0.15) is 75.7 Å². The van der Waals surface area contributed by atoms with Crippen molar-refractivity contribution in [3.05, 3.63) is 11.1 Å². The number of allylic oxidation sites excluding steroid dienone is 2. The lowest BCUT2D eigenvalue weighted by Gasteiger charge is -2.34. The molecule has 0 heteroatoms. The summed E-state index contributed by atoms with van der Waals surface area (Å²) in [4.78, 5) is 0. The van der Waals surface area contributed by atoms with Crippen molar-refractivity contribution in [2.24, 2.45) is 11.8 Å². The van der Waals surface area contributed by atoms with Crippen molar-refractivity contribution in [2.75, 3.05) is 0 Å². The molecule has 0 aliphatic heterocycles. The molecule has 2 unspecified atom stereocenters. The molecule has 0 aromatic rings. The molecule has 0 heterocycles. The van der Waals surface area contributed by atoms with Gasteiger partial charge in [0.25, 0.3) is 0 Å². The molecule has 0 radical (unpaired) electrons. The first-order valence-corrected chi connectivity index (χ1v) is 6.73. The van der Waals surface area contributed by atoms with Crippen LogP contribution in [0, 0.1) is 11.8 Å². The van der Waals surface area contributed by atoms with Crippen molar-refractivity contribution in [3.8, 4) is 0 Å². The maximum Gasteiger partial charge on any atom is -0.0169 e. The highest BCUT2D eigenvalue weighted by molar-refractivity contribution is 5.27. The summed E-state index contributed by atoms with van der Waals surface area (Å²) in [7, 11) is 0. The molecular formula is C15H34. The molecule has 1 aliphatic carbocycles. The van der Waals surface area contributed by atoms with Crippen LogP contribution in [0.3, 0.4) is 0 Å². The van der Waals surface area contributed by atoms with E-state index in [-0.39, 0.29) is 0 Å². The molecule has 94 valence electrons. The van der Waals surface area contributed by atoms with Gasteiger partial charge in [0.15, 0.2) is 0 Å². The zero-order valence-corrected chi connectivity index (χ0v) is 12.9. The summed E-state index contributed by atoms with van der Waals surface area (Å²) in [5.74, 6) is 1.71.